The normalized spacial score (nSPS) is 11.6. The number of hydrogen-bond donors (Lipinski definition) is 2. The number of benzene rings is 2. The molecule has 3 N–H and O–H groups in total. The van der Waals surface area contributed by atoms with Gasteiger partial charge in [0.05, 0.1) is 13.5 Å². The first-order chi connectivity index (χ1) is 11.9. The summed E-state index contributed by atoms with van der Waals surface area (Å²) in [6.45, 7) is 0. The van der Waals surface area contributed by atoms with Crippen molar-refractivity contribution in [3.63, 3.8) is 0 Å². The molecule has 0 unspecified atom stereocenters. The number of nitrogens with two attached hydrogens (primary N) is 1. The highest BCUT2D eigenvalue weighted by molar-refractivity contribution is 6.36. The van der Waals surface area contributed by atoms with Gasteiger partial charge in [-0.2, -0.15) is 0 Å². The highest BCUT2D eigenvalue weighted by atomic mass is 35.5. The smallest absolute Gasteiger partial charge is 0.328 e. The maximum atomic E-state index is 12.3. The molecule has 0 radical (unpaired) electrons. The van der Waals surface area contributed by atoms with Crippen molar-refractivity contribution in [1.29, 1.82) is 0 Å². The van der Waals surface area contributed by atoms with Crippen LogP contribution in [-0.4, -0.2) is 25.0 Å². The zero-order valence-electron chi connectivity index (χ0n) is 13.6. The van der Waals surface area contributed by atoms with Crippen LogP contribution in [0.4, 0.5) is 5.69 Å². The largest absolute Gasteiger partial charge is 0.467 e. The monoisotopic (exact) mass is 380 g/mol. The molecule has 0 aliphatic rings. The molecular weight excluding hydrogens is 363 g/mol. The lowest BCUT2D eigenvalue weighted by Gasteiger charge is -2.17. The van der Waals surface area contributed by atoms with Gasteiger partial charge in [-0.05, 0) is 35.4 Å². The summed E-state index contributed by atoms with van der Waals surface area (Å²) in [5, 5.41) is 3.47. The molecule has 0 spiro atoms. The van der Waals surface area contributed by atoms with Crippen LogP contribution >= 0.6 is 23.2 Å². The molecular formula is C18H18Cl2N2O3. The van der Waals surface area contributed by atoms with Gasteiger partial charge in [-0.25, -0.2) is 4.79 Å². The topological polar surface area (TPSA) is 81.4 Å². The Morgan fingerprint density at radius 2 is 1.72 bits per heavy atom. The standard InChI is InChI=1S/C18H18Cl2N2O3/c1-25-18(24)16(9-11-5-7-12(21)8-6-11)22-17(23)10-13-14(19)3-2-4-15(13)20/h2-8,16H,9-10,21H2,1H3,(H,22,23)/t16-/m0/s1. The van der Waals surface area contributed by atoms with Gasteiger partial charge in [0, 0.05) is 22.2 Å². The first-order valence-corrected chi connectivity index (χ1v) is 8.30. The van der Waals surface area contributed by atoms with Gasteiger partial charge in [-0.15, -0.1) is 0 Å². The maximum Gasteiger partial charge on any atom is 0.328 e. The van der Waals surface area contributed by atoms with E-state index in [0.29, 0.717) is 21.3 Å². The highest BCUT2D eigenvalue weighted by Gasteiger charge is 2.23. The summed E-state index contributed by atoms with van der Waals surface area (Å²) in [4.78, 5) is 24.3. The van der Waals surface area contributed by atoms with Crippen molar-refractivity contribution >= 4 is 40.8 Å². The predicted octanol–water partition coefficient (Wildman–Crippen LogP) is 3.02. The number of hydrogen-bond acceptors (Lipinski definition) is 4. The zero-order chi connectivity index (χ0) is 18.4. The molecule has 5 nitrogen and oxygen atoms in total. The van der Waals surface area contributed by atoms with Gasteiger partial charge in [-0.3, -0.25) is 4.79 Å². The zero-order valence-corrected chi connectivity index (χ0v) is 15.1. The van der Waals surface area contributed by atoms with Crippen LogP contribution in [-0.2, 0) is 27.2 Å². The third-order valence-electron chi connectivity index (χ3n) is 3.64. The first-order valence-electron chi connectivity index (χ1n) is 7.55. The molecule has 0 bridgehead atoms. The number of carbonyl (C=O) groups is 2. The maximum absolute atomic E-state index is 12.3. The van der Waals surface area contributed by atoms with E-state index in [-0.39, 0.29) is 18.7 Å². The molecule has 1 atom stereocenters. The van der Waals surface area contributed by atoms with Crippen molar-refractivity contribution in [3.05, 3.63) is 63.6 Å². The van der Waals surface area contributed by atoms with E-state index in [1.54, 1.807) is 42.5 Å². The molecule has 0 fully saturated rings. The van der Waals surface area contributed by atoms with Crippen molar-refractivity contribution in [1.82, 2.24) is 5.32 Å². The SMILES string of the molecule is COC(=O)[C@H](Cc1ccc(N)cc1)NC(=O)Cc1c(Cl)cccc1Cl. The van der Waals surface area contributed by atoms with E-state index < -0.39 is 12.0 Å². The summed E-state index contributed by atoms with van der Waals surface area (Å²) in [6, 6.07) is 11.2. The minimum atomic E-state index is -0.817. The van der Waals surface area contributed by atoms with Crippen LogP contribution in [0.25, 0.3) is 0 Å². The molecule has 2 aromatic rings. The van der Waals surface area contributed by atoms with Crippen LogP contribution < -0.4 is 11.1 Å². The summed E-state index contributed by atoms with van der Waals surface area (Å²) >= 11 is 12.2. The van der Waals surface area contributed by atoms with Gasteiger partial charge in [0.25, 0.3) is 0 Å². The van der Waals surface area contributed by atoms with Gasteiger partial charge < -0.3 is 15.8 Å². The van der Waals surface area contributed by atoms with Gasteiger partial charge in [0.15, 0.2) is 0 Å². The van der Waals surface area contributed by atoms with E-state index >= 15 is 0 Å². The summed E-state index contributed by atoms with van der Waals surface area (Å²) in [6.07, 6.45) is 0.253. The quantitative estimate of drug-likeness (QED) is 0.595. The second-order valence-corrected chi connectivity index (χ2v) is 6.28. The molecule has 2 rings (SSSR count). The van der Waals surface area contributed by atoms with E-state index in [1.165, 1.54) is 7.11 Å². The van der Waals surface area contributed by atoms with Gasteiger partial charge in [0.2, 0.25) is 5.91 Å². The van der Waals surface area contributed by atoms with Crippen molar-refractivity contribution < 1.29 is 14.3 Å². The summed E-state index contributed by atoms with van der Waals surface area (Å²) < 4.78 is 4.78. The Hall–Kier alpha value is -2.24. The minimum Gasteiger partial charge on any atom is -0.467 e. The van der Waals surface area contributed by atoms with Crippen LogP contribution in [0.15, 0.2) is 42.5 Å². The molecule has 7 heteroatoms. The van der Waals surface area contributed by atoms with Crippen molar-refractivity contribution in [2.45, 2.75) is 18.9 Å². The average Bonchev–Trinajstić information content (AvgIpc) is 2.59. The fraction of sp³-hybridized carbons (Fsp3) is 0.222. The number of nitrogens with one attached hydrogen (secondary N) is 1. The number of ether oxygens (including phenoxy) is 1. The Morgan fingerprint density at radius 3 is 2.28 bits per heavy atom. The number of anilines is 1. The van der Waals surface area contributed by atoms with Crippen LogP contribution in [0.5, 0.6) is 0 Å². The van der Waals surface area contributed by atoms with Crippen LogP contribution in [0, 0.1) is 0 Å². The van der Waals surface area contributed by atoms with E-state index in [1.807, 2.05) is 0 Å². The Balaban J connectivity index is 2.09. The molecule has 0 aliphatic heterocycles. The molecule has 0 aliphatic carbocycles. The van der Waals surface area contributed by atoms with Gasteiger partial charge in [-0.1, -0.05) is 41.4 Å². The molecule has 25 heavy (non-hydrogen) atoms. The Labute approximate surface area is 156 Å². The molecule has 132 valence electrons. The van der Waals surface area contributed by atoms with Crippen molar-refractivity contribution in [3.8, 4) is 0 Å². The van der Waals surface area contributed by atoms with Crippen LogP contribution in [0.2, 0.25) is 10.0 Å². The fourth-order valence-corrected chi connectivity index (χ4v) is 2.86. The third kappa shape index (κ3) is 5.37. The number of carbonyl (C=O) groups excluding carboxylic acids is 2. The molecule has 0 saturated heterocycles. The Kier molecular flexibility index (Phi) is 6.67. The predicted molar refractivity (Wildman–Crippen MR) is 98.7 cm³/mol. The first kappa shape index (κ1) is 19.1. The molecule has 2 aromatic carbocycles. The molecule has 0 saturated carbocycles. The van der Waals surface area contributed by atoms with Gasteiger partial charge in [0.1, 0.15) is 6.04 Å². The van der Waals surface area contributed by atoms with E-state index in [0.717, 1.165) is 5.56 Å². The van der Waals surface area contributed by atoms with Gasteiger partial charge >= 0.3 is 5.97 Å². The molecule has 0 heterocycles. The lowest BCUT2D eigenvalue weighted by atomic mass is 10.0. The van der Waals surface area contributed by atoms with Crippen molar-refractivity contribution in [2.24, 2.45) is 0 Å². The second-order valence-electron chi connectivity index (χ2n) is 5.47. The molecule has 1 amide bonds. The van der Waals surface area contributed by atoms with E-state index in [2.05, 4.69) is 5.32 Å². The number of nitrogen functional groups attached to an aromatic ring is 1. The number of amides is 1. The second kappa shape index (κ2) is 8.74. The number of halogens is 2. The number of methoxy groups -OCH3 is 1. The Morgan fingerprint density at radius 1 is 1.12 bits per heavy atom. The summed E-state index contributed by atoms with van der Waals surface area (Å²) in [7, 11) is 1.27. The lowest BCUT2D eigenvalue weighted by Crippen LogP contribution is -2.43. The third-order valence-corrected chi connectivity index (χ3v) is 4.35. The summed E-state index contributed by atoms with van der Waals surface area (Å²) in [5.74, 6) is -0.906. The van der Waals surface area contributed by atoms with Crippen molar-refractivity contribution in [2.75, 3.05) is 12.8 Å². The number of rotatable bonds is 6. The highest BCUT2D eigenvalue weighted by Crippen LogP contribution is 2.24. The molecule has 0 aromatic heterocycles. The van der Waals surface area contributed by atoms with Crippen LogP contribution in [0.1, 0.15) is 11.1 Å². The minimum absolute atomic E-state index is 0.0340. The fourth-order valence-electron chi connectivity index (χ4n) is 2.33. The van der Waals surface area contributed by atoms with E-state index in [9.17, 15) is 9.59 Å². The lowest BCUT2D eigenvalue weighted by molar-refractivity contribution is -0.145. The number of esters is 1. The van der Waals surface area contributed by atoms with Crippen LogP contribution in [0.3, 0.4) is 0 Å². The Bertz CT molecular complexity index is 743. The summed E-state index contributed by atoms with van der Waals surface area (Å²) in [5.41, 5.74) is 7.63. The van der Waals surface area contributed by atoms with E-state index in [4.69, 9.17) is 33.7 Å². The average molecular weight is 381 g/mol.